The molecule has 0 aliphatic carbocycles. The minimum atomic E-state index is -4.54. The molecule has 212 valence electrons. The van der Waals surface area contributed by atoms with Crippen molar-refractivity contribution >= 4 is 29.1 Å². The molecule has 3 aromatic rings. The number of rotatable bonds is 5. The lowest BCUT2D eigenvalue weighted by Gasteiger charge is -2.29. The molecule has 2 fully saturated rings. The number of pyridine rings is 1. The molecule has 0 atom stereocenters. The van der Waals surface area contributed by atoms with Gasteiger partial charge in [-0.1, -0.05) is 12.1 Å². The second kappa shape index (κ2) is 12.5. The predicted octanol–water partition coefficient (Wildman–Crippen LogP) is 4.90. The molecule has 11 heteroatoms. The van der Waals surface area contributed by atoms with Crippen LogP contribution in [0.15, 0.2) is 54.6 Å². The number of carbonyl (C=O) groups excluding carboxylic acids is 2. The van der Waals surface area contributed by atoms with Gasteiger partial charge in [-0.2, -0.15) is 13.2 Å². The Morgan fingerprint density at radius 1 is 1.00 bits per heavy atom. The van der Waals surface area contributed by atoms with Crippen LogP contribution < -0.4 is 15.1 Å². The zero-order valence-electron chi connectivity index (χ0n) is 22.3. The van der Waals surface area contributed by atoms with Gasteiger partial charge < -0.3 is 20.1 Å². The fourth-order valence-corrected chi connectivity index (χ4v) is 4.69. The fourth-order valence-electron chi connectivity index (χ4n) is 4.69. The van der Waals surface area contributed by atoms with E-state index in [9.17, 15) is 22.8 Å². The molecule has 0 radical (unpaired) electrons. The molecule has 2 amide bonds. The number of aliphatic hydroxyl groups is 1. The van der Waals surface area contributed by atoms with E-state index in [0.717, 1.165) is 48.2 Å². The van der Waals surface area contributed by atoms with Crippen LogP contribution in [0, 0.1) is 6.92 Å². The number of anilines is 3. The molecule has 0 spiro atoms. The van der Waals surface area contributed by atoms with Crippen molar-refractivity contribution in [2.75, 3.05) is 55.1 Å². The molecule has 0 unspecified atom stereocenters. The van der Waals surface area contributed by atoms with Crippen molar-refractivity contribution in [1.82, 2.24) is 4.98 Å². The van der Waals surface area contributed by atoms with Crippen LogP contribution >= 0.6 is 0 Å². The second-order valence-corrected chi connectivity index (χ2v) is 9.38. The van der Waals surface area contributed by atoms with E-state index in [0.29, 0.717) is 50.8 Å². The number of benzene rings is 2. The summed E-state index contributed by atoms with van der Waals surface area (Å²) in [5, 5.41) is 9.72. The molecule has 2 N–H and O–H groups in total. The summed E-state index contributed by atoms with van der Waals surface area (Å²) in [5.74, 6) is 0.696. The van der Waals surface area contributed by atoms with Gasteiger partial charge in [0.1, 0.15) is 11.6 Å². The fraction of sp³-hybridized carbons (Fsp3) is 0.345. The first-order chi connectivity index (χ1) is 19.2. The lowest BCUT2D eigenvalue weighted by Crippen LogP contribution is -2.37. The molecule has 8 nitrogen and oxygen atoms in total. The Morgan fingerprint density at radius 2 is 1.73 bits per heavy atom. The van der Waals surface area contributed by atoms with Crippen LogP contribution in [-0.2, 0) is 15.7 Å². The predicted molar refractivity (Wildman–Crippen MR) is 147 cm³/mol. The lowest BCUT2D eigenvalue weighted by atomic mass is 9.99. The van der Waals surface area contributed by atoms with E-state index < -0.39 is 17.6 Å². The van der Waals surface area contributed by atoms with E-state index in [2.05, 4.69) is 10.2 Å². The number of aliphatic hydroxyl groups excluding tert-OH is 1. The van der Waals surface area contributed by atoms with Gasteiger partial charge in [0.05, 0.1) is 18.8 Å². The number of carbonyl (C=O) groups is 2. The molecular formula is C29H31F3N4O4. The summed E-state index contributed by atoms with van der Waals surface area (Å²) in [6, 6.07) is 13.5. The first-order valence-corrected chi connectivity index (χ1v) is 12.9. The summed E-state index contributed by atoms with van der Waals surface area (Å²) in [7, 11) is 1.00. The van der Waals surface area contributed by atoms with Gasteiger partial charge >= 0.3 is 6.18 Å². The van der Waals surface area contributed by atoms with E-state index in [4.69, 9.17) is 14.8 Å². The number of aryl methyl sites for hydroxylation is 1. The topological polar surface area (TPSA) is 95.0 Å². The van der Waals surface area contributed by atoms with Gasteiger partial charge in [0.15, 0.2) is 0 Å². The highest BCUT2D eigenvalue weighted by Crippen LogP contribution is 2.34. The van der Waals surface area contributed by atoms with Crippen LogP contribution in [-0.4, -0.2) is 61.9 Å². The number of nitrogens with zero attached hydrogens (tertiary/aromatic N) is 3. The number of hydrogen-bond donors (Lipinski definition) is 2. The average Bonchev–Trinajstić information content (AvgIpc) is 3.40. The second-order valence-electron chi connectivity index (χ2n) is 9.38. The molecule has 5 rings (SSSR count). The highest BCUT2D eigenvalue weighted by Gasteiger charge is 2.31. The molecule has 2 saturated heterocycles. The molecule has 0 saturated carbocycles. The number of morpholine rings is 1. The molecule has 0 bridgehead atoms. The zero-order valence-corrected chi connectivity index (χ0v) is 22.3. The monoisotopic (exact) mass is 556 g/mol. The minimum Gasteiger partial charge on any atom is -0.400 e. The van der Waals surface area contributed by atoms with Crippen LogP contribution in [0.25, 0.3) is 11.1 Å². The molecule has 1 aromatic heterocycles. The quantitative estimate of drug-likeness (QED) is 0.464. The molecule has 2 aromatic carbocycles. The molecule has 3 heterocycles. The van der Waals surface area contributed by atoms with Gasteiger partial charge in [-0.05, 0) is 72.5 Å². The van der Waals surface area contributed by atoms with Crippen LogP contribution in [0.4, 0.5) is 30.5 Å². The summed E-state index contributed by atoms with van der Waals surface area (Å²) in [4.78, 5) is 33.9. The summed E-state index contributed by atoms with van der Waals surface area (Å²) >= 11 is 0. The largest absolute Gasteiger partial charge is 0.416 e. The molecular weight excluding hydrogens is 525 g/mol. The average molecular weight is 557 g/mol. The van der Waals surface area contributed by atoms with Crippen LogP contribution in [0.1, 0.15) is 34.3 Å². The highest BCUT2D eigenvalue weighted by molar-refractivity contribution is 6.04. The Bertz CT molecular complexity index is 1370. The SMILES string of the molecule is CO.Cc1ccc(NC(=O)c2cccc(C(F)(F)F)c2)cc1-c1cc(N2CCOCC2)nc(N2CCCC2=O)c1. The Labute approximate surface area is 230 Å². The van der Waals surface area contributed by atoms with E-state index in [1.165, 1.54) is 12.1 Å². The van der Waals surface area contributed by atoms with Gasteiger partial charge in [0.2, 0.25) is 5.91 Å². The molecule has 2 aliphatic heterocycles. The van der Waals surface area contributed by atoms with Crippen molar-refractivity contribution in [3.63, 3.8) is 0 Å². The summed E-state index contributed by atoms with van der Waals surface area (Å²) in [6.07, 6.45) is -3.29. The number of nitrogens with one attached hydrogen (secondary N) is 1. The summed E-state index contributed by atoms with van der Waals surface area (Å²) in [6.45, 7) is 5.05. The number of alkyl halides is 3. The number of ether oxygens (including phenoxy) is 1. The lowest BCUT2D eigenvalue weighted by molar-refractivity contribution is -0.137. The third kappa shape index (κ3) is 6.60. The Kier molecular flexibility index (Phi) is 9.06. The Balaban J connectivity index is 0.00000181. The van der Waals surface area contributed by atoms with Crippen molar-refractivity contribution in [1.29, 1.82) is 0 Å². The van der Waals surface area contributed by atoms with Gasteiger partial charge in [-0.25, -0.2) is 4.98 Å². The number of hydrogen-bond acceptors (Lipinski definition) is 6. The van der Waals surface area contributed by atoms with Crippen molar-refractivity contribution in [3.05, 3.63) is 71.3 Å². The van der Waals surface area contributed by atoms with Gasteiger partial charge in [-0.3, -0.25) is 14.5 Å². The maximum absolute atomic E-state index is 13.1. The van der Waals surface area contributed by atoms with E-state index in [1.807, 2.05) is 25.1 Å². The van der Waals surface area contributed by atoms with Gasteiger partial charge in [0.25, 0.3) is 5.91 Å². The van der Waals surface area contributed by atoms with Gasteiger partial charge in [-0.15, -0.1) is 0 Å². The van der Waals surface area contributed by atoms with Crippen molar-refractivity contribution < 1.29 is 32.6 Å². The number of halogens is 3. The Morgan fingerprint density at radius 3 is 2.40 bits per heavy atom. The van der Waals surface area contributed by atoms with Crippen molar-refractivity contribution in [2.24, 2.45) is 0 Å². The van der Waals surface area contributed by atoms with Crippen molar-refractivity contribution in [3.8, 4) is 11.1 Å². The van der Waals surface area contributed by atoms with E-state index in [1.54, 1.807) is 17.0 Å². The van der Waals surface area contributed by atoms with Crippen LogP contribution in [0.2, 0.25) is 0 Å². The highest BCUT2D eigenvalue weighted by atomic mass is 19.4. The Hall–Kier alpha value is -3.96. The number of amides is 2. The standard InChI is InChI=1S/C28H27F3N4O3.CH4O/c1-18-7-8-22(32-27(37)19-4-2-5-21(14-19)28(29,30)31)17-23(18)20-15-24(34-10-12-38-13-11-34)33-25(16-20)35-9-3-6-26(35)36;1-2/h2,4-5,7-8,14-17H,3,6,9-13H2,1H3,(H,32,37);2H,1H3. The maximum atomic E-state index is 13.1. The molecule has 40 heavy (non-hydrogen) atoms. The normalized spacial score (nSPS) is 15.5. The zero-order chi connectivity index (χ0) is 28.9. The first-order valence-electron chi connectivity index (χ1n) is 12.9. The summed E-state index contributed by atoms with van der Waals surface area (Å²) < 4.78 is 44.8. The third-order valence-corrected chi connectivity index (χ3v) is 6.74. The number of aromatic nitrogens is 1. The maximum Gasteiger partial charge on any atom is 0.416 e. The van der Waals surface area contributed by atoms with Crippen LogP contribution in [0.3, 0.4) is 0 Å². The van der Waals surface area contributed by atoms with E-state index >= 15 is 0 Å². The van der Waals surface area contributed by atoms with E-state index in [-0.39, 0.29) is 11.5 Å². The minimum absolute atomic E-state index is 0.0291. The van der Waals surface area contributed by atoms with Crippen LogP contribution in [0.5, 0.6) is 0 Å². The van der Waals surface area contributed by atoms with Crippen molar-refractivity contribution in [2.45, 2.75) is 25.9 Å². The summed E-state index contributed by atoms with van der Waals surface area (Å²) in [5.41, 5.74) is 2.04. The first kappa shape index (κ1) is 29.0. The van der Waals surface area contributed by atoms with Gasteiger partial charge in [0, 0.05) is 44.4 Å². The molecule has 2 aliphatic rings. The smallest absolute Gasteiger partial charge is 0.400 e. The third-order valence-electron chi connectivity index (χ3n) is 6.74.